The average Bonchev–Trinajstić information content (AvgIpc) is 2.41. The molecule has 3 nitrogen and oxygen atoms in total. The third-order valence-electron chi connectivity index (χ3n) is 5.32. The molecule has 1 saturated carbocycles. The van der Waals surface area contributed by atoms with Crippen LogP contribution in [0.2, 0.25) is 0 Å². The summed E-state index contributed by atoms with van der Waals surface area (Å²) >= 11 is 0. The first-order valence-corrected chi connectivity index (χ1v) is 8.13. The summed E-state index contributed by atoms with van der Waals surface area (Å²) in [4.78, 5) is 2.62. The lowest BCUT2D eigenvalue weighted by molar-refractivity contribution is -0.0693. The number of piperidine rings is 1. The van der Waals surface area contributed by atoms with E-state index in [2.05, 4.69) is 18.7 Å². The van der Waals surface area contributed by atoms with Gasteiger partial charge in [-0.25, -0.2) is 0 Å². The maximum atomic E-state index is 6.42. The van der Waals surface area contributed by atoms with Crippen LogP contribution in [0.5, 0.6) is 0 Å². The third kappa shape index (κ3) is 3.71. The molecule has 19 heavy (non-hydrogen) atoms. The Labute approximate surface area is 118 Å². The average molecular weight is 268 g/mol. The van der Waals surface area contributed by atoms with Gasteiger partial charge in [0.15, 0.2) is 0 Å². The third-order valence-corrected chi connectivity index (χ3v) is 5.32. The highest BCUT2D eigenvalue weighted by molar-refractivity contribution is 4.94. The lowest BCUT2D eigenvalue weighted by Crippen LogP contribution is -2.57. The Bertz CT molecular complexity index is 284. The first kappa shape index (κ1) is 15.3. The van der Waals surface area contributed by atoms with Crippen LogP contribution >= 0.6 is 0 Å². The Morgan fingerprint density at radius 1 is 1.37 bits per heavy atom. The van der Waals surface area contributed by atoms with Crippen molar-refractivity contribution in [1.82, 2.24) is 4.90 Å². The number of rotatable bonds is 4. The number of hydrogen-bond acceptors (Lipinski definition) is 3. The highest BCUT2D eigenvalue weighted by atomic mass is 16.5. The Morgan fingerprint density at radius 3 is 2.84 bits per heavy atom. The minimum absolute atomic E-state index is 0.0374. The van der Waals surface area contributed by atoms with Crippen LogP contribution in [0, 0.1) is 5.92 Å². The molecule has 4 atom stereocenters. The summed E-state index contributed by atoms with van der Waals surface area (Å²) in [5, 5.41) is 0. The molecule has 4 unspecified atom stereocenters. The van der Waals surface area contributed by atoms with Crippen LogP contribution < -0.4 is 5.73 Å². The van der Waals surface area contributed by atoms with Gasteiger partial charge in [-0.2, -0.15) is 0 Å². The maximum absolute atomic E-state index is 6.42. The summed E-state index contributed by atoms with van der Waals surface area (Å²) in [5.41, 5.74) is 6.45. The second-order valence-corrected chi connectivity index (χ2v) is 6.93. The van der Waals surface area contributed by atoms with Crippen LogP contribution in [0.25, 0.3) is 0 Å². The molecule has 1 aliphatic heterocycles. The lowest BCUT2D eigenvalue weighted by Gasteiger charge is -2.47. The number of likely N-dealkylation sites (tertiary alicyclic amines) is 1. The van der Waals surface area contributed by atoms with Gasteiger partial charge in [-0.1, -0.05) is 19.8 Å². The zero-order valence-electron chi connectivity index (χ0n) is 13.0. The van der Waals surface area contributed by atoms with Gasteiger partial charge in [0.25, 0.3) is 0 Å². The molecule has 2 aliphatic rings. The molecule has 0 radical (unpaired) electrons. The van der Waals surface area contributed by atoms with Gasteiger partial charge >= 0.3 is 0 Å². The van der Waals surface area contributed by atoms with Crippen LogP contribution in [0.15, 0.2) is 0 Å². The van der Waals surface area contributed by atoms with E-state index < -0.39 is 0 Å². The lowest BCUT2D eigenvalue weighted by atomic mass is 9.78. The van der Waals surface area contributed by atoms with Gasteiger partial charge in [0, 0.05) is 25.7 Å². The van der Waals surface area contributed by atoms with Gasteiger partial charge in [-0.3, -0.25) is 4.90 Å². The van der Waals surface area contributed by atoms with Crippen molar-refractivity contribution in [3.05, 3.63) is 0 Å². The summed E-state index contributed by atoms with van der Waals surface area (Å²) in [6, 6.07) is 0.951. The number of hydrogen-bond donors (Lipinski definition) is 1. The Hall–Kier alpha value is -0.120. The fourth-order valence-electron chi connectivity index (χ4n) is 4.04. The number of nitrogens with zero attached hydrogens (tertiary/aromatic N) is 1. The number of ether oxygens (including phenoxy) is 1. The van der Waals surface area contributed by atoms with E-state index in [1.165, 1.54) is 51.5 Å². The zero-order chi connectivity index (χ0) is 13.9. The Balaban J connectivity index is 1.98. The van der Waals surface area contributed by atoms with E-state index in [4.69, 9.17) is 10.5 Å². The molecule has 1 heterocycles. The van der Waals surface area contributed by atoms with Crippen LogP contribution in [-0.2, 0) is 4.74 Å². The predicted molar refractivity (Wildman–Crippen MR) is 80.2 cm³/mol. The second kappa shape index (κ2) is 6.55. The van der Waals surface area contributed by atoms with Crippen molar-refractivity contribution in [2.75, 3.05) is 20.2 Å². The molecular formula is C16H32N2O. The molecule has 2 N–H and O–H groups in total. The summed E-state index contributed by atoms with van der Waals surface area (Å²) in [6.07, 6.45) is 8.94. The fourth-order valence-corrected chi connectivity index (χ4v) is 4.04. The first-order valence-electron chi connectivity index (χ1n) is 8.13. The van der Waals surface area contributed by atoms with Crippen molar-refractivity contribution < 1.29 is 4.74 Å². The molecule has 2 rings (SSSR count). The van der Waals surface area contributed by atoms with Crippen molar-refractivity contribution in [3.63, 3.8) is 0 Å². The van der Waals surface area contributed by atoms with E-state index in [9.17, 15) is 0 Å². The number of nitrogens with two attached hydrogens (primary N) is 1. The molecule has 1 saturated heterocycles. The van der Waals surface area contributed by atoms with Crippen molar-refractivity contribution in [3.8, 4) is 0 Å². The van der Waals surface area contributed by atoms with E-state index in [-0.39, 0.29) is 5.60 Å². The van der Waals surface area contributed by atoms with E-state index >= 15 is 0 Å². The van der Waals surface area contributed by atoms with Gasteiger partial charge in [0.05, 0.1) is 5.60 Å². The molecule has 0 amide bonds. The highest BCUT2D eigenvalue weighted by Gasteiger charge is 2.38. The fraction of sp³-hybridized carbons (Fsp3) is 1.00. The van der Waals surface area contributed by atoms with E-state index in [0.717, 1.165) is 12.5 Å². The second-order valence-electron chi connectivity index (χ2n) is 6.93. The minimum Gasteiger partial charge on any atom is -0.377 e. The van der Waals surface area contributed by atoms with E-state index in [1.807, 2.05) is 7.11 Å². The predicted octanol–water partition coefficient (Wildman–Crippen LogP) is 2.78. The minimum atomic E-state index is 0.0374. The topological polar surface area (TPSA) is 38.5 Å². The zero-order valence-corrected chi connectivity index (χ0v) is 13.0. The molecular weight excluding hydrogens is 236 g/mol. The normalized spacial score (nSPS) is 41.4. The van der Waals surface area contributed by atoms with Crippen molar-refractivity contribution >= 4 is 0 Å². The van der Waals surface area contributed by atoms with E-state index in [0.29, 0.717) is 12.1 Å². The SMILES string of the molecule is CCCC1CCC(N)C(N2CCCC(C)(OC)C2)C1. The molecule has 0 bridgehead atoms. The largest absolute Gasteiger partial charge is 0.377 e. The molecule has 2 fully saturated rings. The van der Waals surface area contributed by atoms with Crippen LogP contribution in [0.3, 0.4) is 0 Å². The standard InChI is InChI=1S/C16H32N2O/c1-4-6-13-7-8-14(17)15(11-13)18-10-5-9-16(2,12-18)19-3/h13-15H,4-12,17H2,1-3H3. The summed E-state index contributed by atoms with van der Waals surface area (Å²) in [5.74, 6) is 0.894. The molecule has 3 heteroatoms. The van der Waals surface area contributed by atoms with Crippen LogP contribution in [-0.4, -0.2) is 42.8 Å². The smallest absolute Gasteiger partial charge is 0.0777 e. The first-order chi connectivity index (χ1) is 9.08. The molecule has 112 valence electrons. The molecule has 0 aromatic heterocycles. The van der Waals surface area contributed by atoms with Crippen molar-refractivity contribution in [2.45, 2.75) is 76.5 Å². The quantitative estimate of drug-likeness (QED) is 0.852. The van der Waals surface area contributed by atoms with Crippen molar-refractivity contribution in [2.24, 2.45) is 11.7 Å². The van der Waals surface area contributed by atoms with Crippen molar-refractivity contribution in [1.29, 1.82) is 0 Å². The molecule has 1 aliphatic carbocycles. The van der Waals surface area contributed by atoms with Gasteiger partial charge in [0.2, 0.25) is 0 Å². The van der Waals surface area contributed by atoms with Crippen LogP contribution in [0.1, 0.15) is 58.8 Å². The molecule has 0 aromatic carbocycles. The summed E-state index contributed by atoms with van der Waals surface area (Å²) in [6.45, 7) is 6.81. The Kier molecular flexibility index (Phi) is 5.27. The summed E-state index contributed by atoms with van der Waals surface area (Å²) < 4.78 is 5.73. The van der Waals surface area contributed by atoms with E-state index in [1.54, 1.807) is 0 Å². The maximum Gasteiger partial charge on any atom is 0.0777 e. The monoisotopic (exact) mass is 268 g/mol. The number of methoxy groups -OCH3 is 1. The Morgan fingerprint density at radius 2 is 2.16 bits per heavy atom. The van der Waals surface area contributed by atoms with Gasteiger partial charge in [-0.15, -0.1) is 0 Å². The summed E-state index contributed by atoms with van der Waals surface area (Å²) in [7, 11) is 1.85. The van der Waals surface area contributed by atoms with Gasteiger partial charge in [0.1, 0.15) is 0 Å². The van der Waals surface area contributed by atoms with Crippen LogP contribution in [0.4, 0.5) is 0 Å². The molecule has 0 aromatic rings. The van der Waals surface area contributed by atoms with Gasteiger partial charge < -0.3 is 10.5 Å². The molecule has 0 spiro atoms. The van der Waals surface area contributed by atoms with Gasteiger partial charge in [-0.05, 0) is 51.5 Å². The highest BCUT2D eigenvalue weighted by Crippen LogP contribution is 2.33.